The quantitative estimate of drug-likeness (QED) is 0.877. The van der Waals surface area contributed by atoms with Crippen molar-refractivity contribution in [1.29, 1.82) is 0 Å². The minimum Gasteiger partial charge on any atom is -0.435 e. The zero-order valence-corrected chi connectivity index (χ0v) is 12.4. The van der Waals surface area contributed by atoms with Crippen LogP contribution in [0.2, 0.25) is 0 Å². The standard InChI is InChI=1S/C14H21N5O/c1-5-6-12-13(15-4)16-9-17-14(12)20-11-7-18-19(8-11)10(2)3/h7-10H,5-6H2,1-4H3,(H,15,16,17). The van der Waals surface area contributed by atoms with Gasteiger partial charge in [-0.25, -0.2) is 9.97 Å². The van der Waals surface area contributed by atoms with E-state index in [9.17, 15) is 0 Å². The van der Waals surface area contributed by atoms with E-state index in [1.807, 2.05) is 17.9 Å². The highest BCUT2D eigenvalue weighted by molar-refractivity contribution is 5.49. The molecule has 0 spiro atoms. The molecule has 1 N–H and O–H groups in total. The Morgan fingerprint density at radius 2 is 2.15 bits per heavy atom. The van der Waals surface area contributed by atoms with Gasteiger partial charge in [0.1, 0.15) is 12.1 Å². The molecule has 0 aliphatic carbocycles. The molecule has 0 amide bonds. The lowest BCUT2D eigenvalue weighted by Gasteiger charge is -2.11. The van der Waals surface area contributed by atoms with Crippen LogP contribution in [0.4, 0.5) is 5.82 Å². The van der Waals surface area contributed by atoms with E-state index in [1.165, 1.54) is 6.33 Å². The number of rotatable bonds is 6. The molecule has 0 aliphatic rings. The average Bonchev–Trinajstić information content (AvgIpc) is 2.89. The van der Waals surface area contributed by atoms with Crippen molar-refractivity contribution in [2.75, 3.05) is 12.4 Å². The van der Waals surface area contributed by atoms with Gasteiger partial charge in [0.15, 0.2) is 5.75 Å². The van der Waals surface area contributed by atoms with Crippen LogP contribution in [0.5, 0.6) is 11.6 Å². The second-order valence-electron chi connectivity index (χ2n) is 4.86. The monoisotopic (exact) mass is 275 g/mol. The first-order valence-electron chi connectivity index (χ1n) is 6.89. The van der Waals surface area contributed by atoms with Gasteiger partial charge in [0.2, 0.25) is 5.88 Å². The molecule has 0 radical (unpaired) electrons. The highest BCUT2D eigenvalue weighted by Crippen LogP contribution is 2.28. The summed E-state index contributed by atoms with van der Waals surface area (Å²) in [6.07, 6.45) is 6.96. The van der Waals surface area contributed by atoms with Crippen molar-refractivity contribution in [3.63, 3.8) is 0 Å². The fraction of sp³-hybridized carbons (Fsp3) is 0.500. The third kappa shape index (κ3) is 3.07. The van der Waals surface area contributed by atoms with Crippen molar-refractivity contribution in [2.24, 2.45) is 0 Å². The number of aromatic nitrogens is 4. The van der Waals surface area contributed by atoms with E-state index in [0.717, 1.165) is 24.2 Å². The molecular weight excluding hydrogens is 254 g/mol. The predicted octanol–water partition coefficient (Wildman–Crippen LogP) is 3.04. The molecule has 6 nitrogen and oxygen atoms in total. The first kappa shape index (κ1) is 14.3. The van der Waals surface area contributed by atoms with Crippen LogP contribution in [0, 0.1) is 0 Å². The van der Waals surface area contributed by atoms with Crippen LogP contribution in [0.15, 0.2) is 18.7 Å². The molecule has 0 aromatic carbocycles. The Labute approximate surface area is 119 Å². The van der Waals surface area contributed by atoms with Crippen molar-refractivity contribution < 1.29 is 4.74 Å². The lowest BCUT2D eigenvalue weighted by molar-refractivity contribution is 0.451. The maximum absolute atomic E-state index is 5.86. The first-order valence-corrected chi connectivity index (χ1v) is 6.89. The Hall–Kier alpha value is -2.11. The van der Waals surface area contributed by atoms with Crippen LogP contribution in [0.1, 0.15) is 38.8 Å². The Bertz CT molecular complexity index is 564. The normalized spacial score (nSPS) is 10.8. The summed E-state index contributed by atoms with van der Waals surface area (Å²) in [7, 11) is 1.85. The van der Waals surface area contributed by atoms with Crippen molar-refractivity contribution in [1.82, 2.24) is 19.7 Å². The highest BCUT2D eigenvalue weighted by Gasteiger charge is 2.13. The maximum Gasteiger partial charge on any atom is 0.227 e. The molecule has 0 bridgehead atoms. The molecule has 0 aliphatic heterocycles. The van der Waals surface area contributed by atoms with E-state index in [0.29, 0.717) is 17.7 Å². The molecule has 2 aromatic rings. The number of hydrogen-bond donors (Lipinski definition) is 1. The van der Waals surface area contributed by atoms with Crippen LogP contribution >= 0.6 is 0 Å². The van der Waals surface area contributed by atoms with Gasteiger partial charge in [-0.15, -0.1) is 0 Å². The highest BCUT2D eigenvalue weighted by atomic mass is 16.5. The predicted molar refractivity (Wildman–Crippen MR) is 78.3 cm³/mol. The van der Waals surface area contributed by atoms with Crippen LogP contribution < -0.4 is 10.1 Å². The maximum atomic E-state index is 5.86. The summed E-state index contributed by atoms with van der Waals surface area (Å²) in [5.74, 6) is 2.10. The summed E-state index contributed by atoms with van der Waals surface area (Å²) in [6, 6.07) is 0.306. The van der Waals surface area contributed by atoms with Crippen LogP contribution in [0.25, 0.3) is 0 Å². The molecule has 2 aromatic heterocycles. The molecule has 0 atom stereocenters. The zero-order chi connectivity index (χ0) is 14.5. The summed E-state index contributed by atoms with van der Waals surface area (Å²) in [4.78, 5) is 8.47. The molecule has 0 fully saturated rings. The summed E-state index contributed by atoms with van der Waals surface area (Å²) in [5, 5.41) is 7.34. The van der Waals surface area contributed by atoms with Gasteiger partial charge in [0, 0.05) is 13.1 Å². The minimum absolute atomic E-state index is 0.306. The zero-order valence-electron chi connectivity index (χ0n) is 12.4. The fourth-order valence-corrected chi connectivity index (χ4v) is 1.94. The van der Waals surface area contributed by atoms with E-state index in [1.54, 1.807) is 6.20 Å². The lowest BCUT2D eigenvalue weighted by Crippen LogP contribution is -2.03. The Kier molecular flexibility index (Phi) is 4.55. The van der Waals surface area contributed by atoms with Gasteiger partial charge in [-0.2, -0.15) is 5.10 Å². The van der Waals surface area contributed by atoms with Crippen LogP contribution in [-0.4, -0.2) is 26.8 Å². The van der Waals surface area contributed by atoms with Crippen molar-refractivity contribution in [2.45, 2.75) is 39.7 Å². The Morgan fingerprint density at radius 3 is 2.75 bits per heavy atom. The average molecular weight is 275 g/mol. The van der Waals surface area contributed by atoms with Gasteiger partial charge in [-0.05, 0) is 20.3 Å². The smallest absolute Gasteiger partial charge is 0.227 e. The summed E-state index contributed by atoms with van der Waals surface area (Å²) >= 11 is 0. The van der Waals surface area contributed by atoms with Crippen LogP contribution in [0.3, 0.4) is 0 Å². The molecule has 2 rings (SSSR count). The third-order valence-electron chi connectivity index (χ3n) is 2.96. The summed E-state index contributed by atoms with van der Waals surface area (Å²) in [5.41, 5.74) is 0.995. The van der Waals surface area contributed by atoms with E-state index < -0.39 is 0 Å². The number of hydrogen-bond acceptors (Lipinski definition) is 5. The molecule has 0 saturated carbocycles. The first-order chi connectivity index (χ1) is 9.65. The number of nitrogens with one attached hydrogen (secondary N) is 1. The van der Waals surface area contributed by atoms with Gasteiger partial charge in [-0.3, -0.25) is 4.68 Å². The number of anilines is 1. The van der Waals surface area contributed by atoms with Crippen molar-refractivity contribution in [3.05, 3.63) is 24.3 Å². The Balaban J connectivity index is 2.27. The molecular formula is C14H21N5O. The van der Waals surface area contributed by atoms with Gasteiger partial charge in [0.25, 0.3) is 0 Å². The second kappa shape index (κ2) is 6.36. The molecule has 108 valence electrons. The van der Waals surface area contributed by atoms with Crippen molar-refractivity contribution >= 4 is 5.82 Å². The summed E-state index contributed by atoms with van der Waals surface area (Å²) < 4.78 is 7.72. The lowest BCUT2D eigenvalue weighted by atomic mass is 10.2. The van der Waals surface area contributed by atoms with Gasteiger partial charge >= 0.3 is 0 Å². The van der Waals surface area contributed by atoms with Gasteiger partial charge < -0.3 is 10.1 Å². The minimum atomic E-state index is 0.306. The SMILES string of the molecule is CCCc1c(NC)ncnc1Oc1cnn(C(C)C)c1. The van der Waals surface area contributed by atoms with E-state index in [-0.39, 0.29) is 0 Å². The Morgan fingerprint density at radius 1 is 1.35 bits per heavy atom. The molecule has 2 heterocycles. The summed E-state index contributed by atoms with van der Waals surface area (Å²) in [6.45, 7) is 6.26. The van der Waals surface area contributed by atoms with E-state index in [2.05, 4.69) is 41.2 Å². The fourth-order valence-electron chi connectivity index (χ4n) is 1.94. The van der Waals surface area contributed by atoms with Crippen molar-refractivity contribution in [3.8, 4) is 11.6 Å². The molecule has 0 saturated heterocycles. The number of ether oxygens (including phenoxy) is 1. The molecule has 0 unspecified atom stereocenters. The largest absolute Gasteiger partial charge is 0.435 e. The van der Waals surface area contributed by atoms with E-state index in [4.69, 9.17) is 4.74 Å². The van der Waals surface area contributed by atoms with Crippen LogP contribution in [-0.2, 0) is 6.42 Å². The van der Waals surface area contributed by atoms with E-state index >= 15 is 0 Å². The van der Waals surface area contributed by atoms with Gasteiger partial charge in [0.05, 0.1) is 18.0 Å². The molecule has 6 heteroatoms. The topological polar surface area (TPSA) is 64.9 Å². The van der Waals surface area contributed by atoms with Gasteiger partial charge in [-0.1, -0.05) is 13.3 Å². The second-order valence-corrected chi connectivity index (χ2v) is 4.86. The number of nitrogens with zero attached hydrogens (tertiary/aromatic N) is 4. The molecule has 20 heavy (non-hydrogen) atoms. The third-order valence-corrected chi connectivity index (χ3v) is 2.96.